The standard InChI is InChI=1S/2C13H9NO.Be/c2*15-12-8-7-10-6-5-9-3-1-2-4-11(9)13(10)14-12;/h2*1-8H,(H,14,15);. The van der Waals surface area contributed by atoms with E-state index in [1.54, 1.807) is 12.1 Å². The van der Waals surface area contributed by atoms with E-state index in [1.165, 1.54) is 0 Å². The number of aromatic nitrogens is 2. The summed E-state index contributed by atoms with van der Waals surface area (Å²) < 4.78 is 0. The predicted octanol–water partition coefficient (Wildman–Crippen LogP) is 5.81. The van der Waals surface area contributed by atoms with Gasteiger partial charge >= 0.3 is 0 Å². The van der Waals surface area contributed by atoms with Gasteiger partial charge in [0.05, 0.1) is 11.0 Å². The van der Waals surface area contributed by atoms with E-state index in [0.717, 1.165) is 43.4 Å². The first-order valence-electron chi connectivity index (χ1n) is 9.64. The minimum Gasteiger partial charge on any atom is -0.493 e. The van der Waals surface area contributed by atoms with Gasteiger partial charge in [-0.05, 0) is 22.9 Å². The van der Waals surface area contributed by atoms with Gasteiger partial charge in [0.2, 0.25) is 11.8 Å². The van der Waals surface area contributed by atoms with E-state index in [0.29, 0.717) is 0 Å². The Labute approximate surface area is 182 Å². The van der Waals surface area contributed by atoms with Crippen LogP contribution in [-0.4, -0.2) is 30.3 Å². The van der Waals surface area contributed by atoms with Gasteiger partial charge in [-0.3, -0.25) is 0 Å². The molecule has 0 bridgehead atoms. The molecule has 0 fully saturated rings. The smallest absolute Gasteiger partial charge is 0.211 e. The second-order valence-electron chi connectivity index (χ2n) is 7.06. The molecule has 0 saturated carbocycles. The Bertz CT molecular complexity index is 1420. The minimum atomic E-state index is 0. The number of fused-ring (bicyclic) bond motifs is 6. The van der Waals surface area contributed by atoms with Crippen molar-refractivity contribution in [3.63, 3.8) is 0 Å². The third-order valence-corrected chi connectivity index (χ3v) is 5.14. The van der Waals surface area contributed by atoms with Crippen LogP contribution in [0.25, 0.3) is 43.4 Å². The summed E-state index contributed by atoms with van der Waals surface area (Å²) in [7, 11) is 0. The van der Waals surface area contributed by atoms with Crippen LogP contribution in [0.1, 0.15) is 0 Å². The maximum Gasteiger partial charge on any atom is 0.211 e. The number of rotatable bonds is 0. The molecule has 2 heterocycles. The fourth-order valence-electron chi connectivity index (χ4n) is 3.69. The van der Waals surface area contributed by atoms with Gasteiger partial charge in [0, 0.05) is 43.8 Å². The van der Waals surface area contributed by atoms with Gasteiger partial charge in [-0.15, -0.1) is 0 Å². The molecule has 146 valence electrons. The van der Waals surface area contributed by atoms with Crippen LogP contribution < -0.4 is 0 Å². The van der Waals surface area contributed by atoms with Crippen molar-refractivity contribution in [1.82, 2.24) is 9.97 Å². The monoisotopic (exact) mass is 399 g/mol. The van der Waals surface area contributed by atoms with Crippen molar-refractivity contribution in [2.24, 2.45) is 0 Å². The Balaban J connectivity index is 0.000000144. The van der Waals surface area contributed by atoms with Gasteiger partial charge in [-0.25, -0.2) is 9.97 Å². The molecule has 0 aliphatic carbocycles. The molecule has 0 aliphatic rings. The quantitative estimate of drug-likeness (QED) is 0.250. The van der Waals surface area contributed by atoms with Crippen LogP contribution in [0, 0.1) is 0 Å². The summed E-state index contributed by atoms with van der Waals surface area (Å²) in [5.74, 6) is 0.137. The first-order chi connectivity index (χ1) is 14.7. The second-order valence-corrected chi connectivity index (χ2v) is 7.06. The molecule has 6 rings (SSSR count). The SMILES string of the molecule is Oc1ccc2ccc3ccccc3c2n1.Oc1ccc2ccc3ccccc3c2n1.[Be]. The van der Waals surface area contributed by atoms with Crippen molar-refractivity contribution >= 4 is 53.5 Å². The number of hydrogen-bond acceptors (Lipinski definition) is 4. The van der Waals surface area contributed by atoms with Crippen LogP contribution in [0.3, 0.4) is 0 Å². The number of hydrogen-bond donors (Lipinski definition) is 2. The predicted molar refractivity (Wildman–Crippen MR) is 128 cm³/mol. The van der Waals surface area contributed by atoms with Crippen molar-refractivity contribution in [2.75, 3.05) is 0 Å². The Hall–Kier alpha value is -4.01. The van der Waals surface area contributed by atoms with Crippen LogP contribution in [0.5, 0.6) is 11.8 Å². The van der Waals surface area contributed by atoms with Crippen molar-refractivity contribution < 1.29 is 10.2 Å². The van der Waals surface area contributed by atoms with Crippen LogP contribution in [0.15, 0.2) is 97.1 Å². The molecule has 2 aromatic heterocycles. The van der Waals surface area contributed by atoms with Gasteiger partial charge in [-0.2, -0.15) is 0 Å². The fourth-order valence-corrected chi connectivity index (χ4v) is 3.69. The van der Waals surface area contributed by atoms with E-state index >= 15 is 0 Å². The summed E-state index contributed by atoms with van der Waals surface area (Å²) in [5.41, 5.74) is 1.71. The van der Waals surface area contributed by atoms with E-state index in [9.17, 15) is 10.2 Å². The second kappa shape index (κ2) is 8.39. The van der Waals surface area contributed by atoms with Crippen LogP contribution in [0.4, 0.5) is 0 Å². The summed E-state index contributed by atoms with van der Waals surface area (Å²) >= 11 is 0. The normalized spacial score (nSPS) is 10.6. The van der Waals surface area contributed by atoms with Crippen molar-refractivity contribution in [3.8, 4) is 11.8 Å². The van der Waals surface area contributed by atoms with Gasteiger partial charge in [0.15, 0.2) is 0 Å². The van der Waals surface area contributed by atoms with E-state index in [1.807, 2.05) is 72.8 Å². The minimum absolute atomic E-state index is 0. The summed E-state index contributed by atoms with van der Waals surface area (Å²) in [6.45, 7) is 0. The summed E-state index contributed by atoms with van der Waals surface area (Å²) in [5, 5.41) is 25.3. The Kier molecular flexibility index (Phi) is 5.48. The molecule has 31 heavy (non-hydrogen) atoms. The van der Waals surface area contributed by atoms with E-state index in [-0.39, 0.29) is 21.9 Å². The third-order valence-electron chi connectivity index (χ3n) is 5.14. The Morgan fingerprint density at radius 1 is 0.419 bits per heavy atom. The van der Waals surface area contributed by atoms with Crippen molar-refractivity contribution in [2.45, 2.75) is 0 Å². The molecule has 4 aromatic carbocycles. The summed E-state index contributed by atoms with van der Waals surface area (Å²) in [6, 6.07) is 31.2. The molecular formula is C26H18BeN2O2. The zero-order valence-corrected chi connectivity index (χ0v) is 16.7. The van der Waals surface area contributed by atoms with E-state index in [4.69, 9.17) is 0 Å². The van der Waals surface area contributed by atoms with Crippen LogP contribution in [-0.2, 0) is 0 Å². The molecule has 6 aromatic rings. The summed E-state index contributed by atoms with van der Waals surface area (Å²) in [6.07, 6.45) is 0. The number of nitrogens with zero attached hydrogens (tertiary/aromatic N) is 2. The van der Waals surface area contributed by atoms with Gasteiger partial charge in [-0.1, -0.05) is 72.8 Å². The molecule has 0 atom stereocenters. The number of pyridine rings is 2. The van der Waals surface area contributed by atoms with Crippen molar-refractivity contribution in [1.29, 1.82) is 0 Å². The average Bonchev–Trinajstić information content (AvgIpc) is 2.79. The molecule has 0 spiro atoms. The molecule has 0 amide bonds. The molecule has 2 radical (unpaired) electrons. The maximum absolute atomic E-state index is 9.38. The average molecular weight is 399 g/mol. The van der Waals surface area contributed by atoms with E-state index in [2.05, 4.69) is 22.1 Å². The van der Waals surface area contributed by atoms with Gasteiger partial charge < -0.3 is 10.2 Å². The fraction of sp³-hybridized carbons (Fsp3) is 0. The topological polar surface area (TPSA) is 66.2 Å². The van der Waals surface area contributed by atoms with Crippen LogP contribution in [0.2, 0.25) is 0 Å². The zero-order valence-electron chi connectivity index (χ0n) is 16.7. The summed E-state index contributed by atoms with van der Waals surface area (Å²) in [4.78, 5) is 8.32. The van der Waals surface area contributed by atoms with Gasteiger partial charge in [0.1, 0.15) is 0 Å². The molecule has 4 nitrogen and oxygen atoms in total. The number of aromatic hydroxyl groups is 2. The molecular weight excluding hydrogens is 381 g/mol. The van der Waals surface area contributed by atoms with E-state index < -0.39 is 0 Å². The molecule has 0 saturated heterocycles. The molecule has 0 unspecified atom stereocenters. The number of benzene rings is 4. The van der Waals surface area contributed by atoms with Crippen molar-refractivity contribution in [3.05, 3.63) is 97.1 Å². The first-order valence-corrected chi connectivity index (χ1v) is 9.64. The first kappa shape index (κ1) is 20.3. The Morgan fingerprint density at radius 3 is 1.23 bits per heavy atom. The molecule has 2 N–H and O–H groups in total. The van der Waals surface area contributed by atoms with Gasteiger partial charge in [0.25, 0.3) is 0 Å². The largest absolute Gasteiger partial charge is 0.493 e. The molecule has 0 aliphatic heterocycles. The zero-order chi connectivity index (χ0) is 20.5. The van der Waals surface area contributed by atoms with Crippen LogP contribution >= 0.6 is 0 Å². The Morgan fingerprint density at radius 2 is 0.774 bits per heavy atom. The third kappa shape index (κ3) is 3.89. The molecule has 5 heteroatoms. The maximum atomic E-state index is 9.38.